The molecule has 2 fully saturated rings. The second-order valence-electron chi connectivity index (χ2n) is 6.80. The van der Waals surface area contributed by atoms with Crippen molar-refractivity contribution in [3.05, 3.63) is 29.6 Å². The van der Waals surface area contributed by atoms with E-state index in [-0.39, 0.29) is 11.9 Å². The number of nitrogens with one attached hydrogen (secondary N) is 1. The molecule has 5 heteroatoms. The minimum absolute atomic E-state index is 0.0839. The zero-order valence-corrected chi connectivity index (χ0v) is 14.3. The molecule has 2 aliphatic rings. The van der Waals surface area contributed by atoms with E-state index < -0.39 is 0 Å². The highest BCUT2D eigenvalue weighted by Gasteiger charge is 2.35. The number of pyridine rings is 1. The van der Waals surface area contributed by atoms with Crippen LogP contribution in [-0.4, -0.2) is 60.0 Å². The van der Waals surface area contributed by atoms with Crippen LogP contribution in [-0.2, 0) is 4.79 Å². The maximum absolute atomic E-state index is 12.5. The summed E-state index contributed by atoms with van der Waals surface area (Å²) in [5.41, 5.74) is 2.21. The number of rotatable bonds is 6. The average molecular weight is 316 g/mol. The van der Waals surface area contributed by atoms with Crippen molar-refractivity contribution in [3.63, 3.8) is 0 Å². The number of aromatic nitrogens is 1. The Bertz CT molecular complexity index is 536. The first kappa shape index (κ1) is 16.4. The van der Waals surface area contributed by atoms with Crippen LogP contribution in [0.5, 0.6) is 0 Å². The van der Waals surface area contributed by atoms with Crippen molar-refractivity contribution < 1.29 is 4.79 Å². The lowest BCUT2D eigenvalue weighted by Gasteiger charge is -2.33. The second kappa shape index (κ2) is 7.41. The van der Waals surface area contributed by atoms with Gasteiger partial charge in [-0.15, -0.1) is 0 Å². The van der Waals surface area contributed by atoms with Gasteiger partial charge < -0.3 is 10.2 Å². The molecule has 0 bridgehead atoms. The molecule has 0 radical (unpaired) electrons. The van der Waals surface area contributed by atoms with Gasteiger partial charge in [0.2, 0.25) is 5.91 Å². The molecular weight excluding hydrogens is 288 g/mol. The minimum atomic E-state index is 0.0839. The van der Waals surface area contributed by atoms with Crippen molar-refractivity contribution in [3.8, 4) is 0 Å². The number of carbonyl (C=O) groups is 1. The molecule has 1 aliphatic carbocycles. The largest absolute Gasteiger partial charge is 0.346 e. The number of piperazine rings is 1. The molecule has 5 nitrogen and oxygen atoms in total. The molecule has 1 aliphatic heterocycles. The van der Waals surface area contributed by atoms with Crippen LogP contribution in [0.25, 0.3) is 0 Å². The number of nitrogens with zero attached hydrogens (tertiary/aromatic N) is 3. The standard InChI is InChI=1S/C18H28N4O/c1-3-21-9-11-22(12-10-21)13-16(23)20-18(15-6-7-15)17-14(2)5-4-8-19-17/h4-5,8,15,18H,3,6-7,9-13H2,1-2H3,(H,20,23)/t18-/m1/s1. The molecule has 0 aromatic carbocycles. The van der Waals surface area contributed by atoms with E-state index in [4.69, 9.17) is 0 Å². The molecule has 1 N–H and O–H groups in total. The maximum Gasteiger partial charge on any atom is 0.234 e. The fourth-order valence-electron chi connectivity index (χ4n) is 3.35. The third-order valence-corrected chi connectivity index (χ3v) is 5.03. The van der Waals surface area contributed by atoms with Crippen LogP contribution in [0, 0.1) is 12.8 Å². The van der Waals surface area contributed by atoms with E-state index >= 15 is 0 Å². The summed E-state index contributed by atoms with van der Waals surface area (Å²) in [4.78, 5) is 21.7. The number of hydrogen-bond donors (Lipinski definition) is 1. The van der Waals surface area contributed by atoms with Crippen molar-refractivity contribution >= 4 is 5.91 Å². The quantitative estimate of drug-likeness (QED) is 0.866. The van der Waals surface area contributed by atoms with Gasteiger partial charge in [0.25, 0.3) is 0 Å². The van der Waals surface area contributed by atoms with E-state index in [9.17, 15) is 4.79 Å². The van der Waals surface area contributed by atoms with Crippen molar-refractivity contribution in [2.24, 2.45) is 5.92 Å². The molecular formula is C18H28N4O. The van der Waals surface area contributed by atoms with Gasteiger partial charge >= 0.3 is 0 Å². The van der Waals surface area contributed by atoms with Gasteiger partial charge in [0.05, 0.1) is 18.3 Å². The van der Waals surface area contributed by atoms with Gasteiger partial charge in [0.15, 0.2) is 0 Å². The van der Waals surface area contributed by atoms with Crippen molar-refractivity contribution in [2.75, 3.05) is 39.3 Å². The minimum Gasteiger partial charge on any atom is -0.346 e. The van der Waals surface area contributed by atoms with E-state index in [2.05, 4.69) is 40.0 Å². The molecule has 1 saturated heterocycles. The van der Waals surface area contributed by atoms with Gasteiger partial charge in [0, 0.05) is 32.4 Å². The first-order valence-corrected chi connectivity index (χ1v) is 8.83. The van der Waals surface area contributed by atoms with Gasteiger partial charge in [-0.25, -0.2) is 0 Å². The summed E-state index contributed by atoms with van der Waals surface area (Å²) in [6.07, 6.45) is 4.21. The molecule has 1 atom stereocenters. The lowest BCUT2D eigenvalue weighted by atomic mass is 10.0. The molecule has 126 valence electrons. The zero-order chi connectivity index (χ0) is 16.2. The molecule has 1 saturated carbocycles. The molecule has 1 aromatic heterocycles. The monoisotopic (exact) mass is 316 g/mol. The summed E-state index contributed by atoms with van der Waals surface area (Å²) in [6.45, 7) is 9.97. The number of likely N-dealkylation sites (N-methyl/N-ethyl adjacent to an activating group) is 1. The van der Waals surface area contributed by atoms with E-state index in [1.807, 2.05) is 12.3 Å². The van der Waals surface area contributed by atoms with Crippen LogP contribution in [0.2, 0.25) is 0 Å². The van der Waals surface area contributed by atoms with Gasteiger partial charge in [-0.3, -0.25) is 14.7 Å². The molecule has 2 heterocycles. The second-order valence-corrected chi connectivity index (χ2v) is 6.80. The van der Waals surface area contributed by atoms with Gasteiger partial charge in [-0.05, 0) is 43.9 Å². The first-order valence-electron chi connectivity index (χ1n) is 8.83. The van der Waals surface area contributed by atoms with Crippen LogP contribution in [0.3, 0.4) is 0 Å². The number of hydrogen-bond acceptors (Lipinski definition) is 4. The Labute approximate surface area is 139 Å². The fourth-order valence-corrected chi connectivity index (χ4v) is 3.35. The van der Waals surface area contributed by atoms with Gasteiger partial charge in [-0.1, -0.05) is 13.0 Å². The average Bonchev–Trinajstić information content (AvgIpc) is 3.39. The lowest BCUT2D eigenvalue weighted by Crippen LogP contribution is -2.49. The molecule has 0 spiro atoms. The Morgan fingerprint density at radius 1 is 1.30 bits per heavy atom. The summed E-state index contributed by atoms with van der Waals surface area (Å²) in [5.74, 6) is 0.696. The number of aryl methyl sites for hydroxylation is 1. The Kier molecular flexibility index (Phi) is 5.28. The summed E-state index contributed by atoms with van der Waals surface area (Å²) >= 11 is 0. The van der Waals surface area contributed by atoms with E-state index in [1.54, 1.807) is 0 Å². The maximum atomic E-state index is 12.5. The van der Waals surface area contributed by atoms with Gasteiger partial charge in [0.1, 0.15) is 0 Å². The Morgan fingerprint density at radius 2 is 2.00 bits per heavy atom. The third kappa shape index (κ3) is 4.30. The summed E-state index contributed by atoms with van der Waals surface area (Å²) in [5, 5.41) is 3.25. The third-order valence-electron chi connectivity index (χ3n) is 5.03. The topological polar surface area (TPSA) is 48.5 Å². The molecule has 1 amide bonds. The zero-order valence-electron chi connectivity index (χ0n) is 14.3. The summed E-state index contributed by atoms with van der Waals surface area (Å²) < 4.78 is 0. The molecule has 23 heavy (non-hydrogen) atoms. The highest BCUT2D eigenvalue weighted by atomic mass is 16.2. The van der Waals surface area contributed by atoms with E-state index in [1.165, 1.54) is 18.4 Å². The first-order chi connectivity index (χ1) is 11.2. The normalized spacial score (nSPS) is 21.1. The van der Waals surface area contributed by atoms with Crippen LogP contribution in [0.15, 0.2) is 18.3 Å². The Morgan fingerprint density at radius 3 is 2.61 bits per heavy atom. The van der Waals surface area contributed by atoms with Crippen molar-refractivity contribution in [2.45, 2.75) is 32.7 Å². The van der Waals surface area contributed by atoms with Crippen LogP contribution in [0.4, 0.5) is 0 Å². The smallest absolute Gasteiger partial charge is 0.234 e. The summed E-state index contributed by atoms with van der Waals surface area (Å²) in [6, 6.07) is 4.12. The molecule has 1 aromatic rings. The predicted octanol–water partition coefficient (Wildman–Crippen LogP) is 1.59. The van der Waals surface area contributed by atoms with Crippen molar-refractivity contribution in [1.82, 2.24) is 20.1 Å². The van der Waals surface area contributed by atoms with Crippen molar-refractivity contribution in [1.29, 1.82) is 0 Å². The van der Waals surface area contributed by atoms with E-state index in [0.29, 0.717) is 12.5 Å². The predicted molar refractivity (Wildman–Crippen MR) is 91.1 cm³/mol. The Hall–Kier alpha value is -1.46. The van der Waals surface area contributed by atoms with Gasteiger partial charge in [-0.2, -0.15) is 0 Å². The van der Waals surface area contributed by atoms with Crippen LogP contribution < -0.4 is 5.32 Å². The van der Waals surface area contributed by atoms with Crippen LogP contribution >= 0.6 is 0 Å². The number of amides is 1. The van der Waals surface area contributed by atoms with E-state index in [0.717, 1.165) is 38.4 Å². The van der Waals surface area contributed by atoms with Crippen LogP contribution in [0.1, 0.15) is 37.1 Å². The number of carbonyl (C=O) groups excluding carboxylic acids is 1. The fraction of sp³-hybridized carbons (Fsp3) is 0.667. The highest BCUT2D eigenvalue weighted by molar-refractivity contribution is 5.78. The SMILES string of the molecule is CCN1CCN(CC(=O)N[C@@H](c2ncccc2C)C2CC2)CC1. The molecule has 0 unspecified atom stereocenters. The Balaban J connectivity index is 1.56. The lowest BCUT2D eigenvalue weighted by molar-refractivity contribution is -0.123. The highest BCUT2D eigenvalue weighted by Crippen LogP contribution is 2.41. The molecule has 3 rings (SSSR count). The summed E-state index contributed by atoms with van der Waals surface area (Å²) in [7, 11) is 0.